The summed E-state index contributed by atoms with van der Waals surface area (Å²) in [5.41, 5.74) is 34.8. The van der Waals surface area contributed by atoms with Gasteiger partial charge >= 0.3 is 5.97 Å². The first-order valence-corrected chi connectivity index (χ1v) is 26.8. The van der Waals surface area contributed by atoms with Crippen molar-refractivity contribution in [2.24, 2.45) is 50.3 Å². The molecule has 0 fully saturated rings. The summed E-state index contributed by atoms with van der Waals surface area (Å²) in [5.74, 6) is -10.3. The number of aliphatic hydroxyl groups excluding tert-OH is 1. The number of primary amides is 1. The number of aromatic nitrogens is 2. The molecule has 2 aromatic carbocycles. The van der Waals surface area contributed by atoms with E-state index in [1.54, 1.807) is 74.5 Å². The van der Waals surface area contributed by atoms with Gasteiger partial charge in [-0.05, 0) is 62.5 Å². The van der Waals surface area contributed by atoms with E-state index >= 15 is 0 Å². The molecule has 0 saturated heterocycles. The van der Waals surface area contributed by atoms with Crippen LogP contribution < -0.4 is 76.9 Å². The van der Waals surface area contributed by atoms with Crippen molar-refractivity contribution in [2.45, 2.75) is 139 Å². The first kappa shape index (κ1) is 68.1. The molecule has 0 spiro atoms. The second-order valence-corrected chi connectivity index (χ2v) is 20.0. The molecule has 1 heterocycles. The van der Waals surface area contributed by atoms with Crippen LogP contribution in [0.4, 0.5) is 0 Å². The van der Waals surface area contributed by atoms with Crippen molar-refractivity contribution >= 4 is 71.1 Å². The molecular weight excluding hydrogens is 1080 g/mol. The van der Waals surface area contributed by atoms with Gasteiger partial charge in [-0.3, -0.25) is 53.1 Å². The van der Waals surface area contributed by atoms with Gasteiger partial charge in [0.25, 0.3) is 0 Å². The quantitative estimate of drug-likeness (QED) is 0.0146. The number of aliphatic carboxylic acids is 1. The molecule has 23 N–H and O–H groups in total. The number of nitrogens with zero attached hydrogens (tertiary/aromatic N) is 3. The third kappa shape index (κ3) is 25.9. The van der Waals surface area contributed by atoms with E-state index in [2.05, 4.69) is 62.5 Å². The molecule has 0 radical (unpaired) electrons. The number of aliphatic imine (C=N–C) groups is 2. The monoisotopic (exact) mass is 1160 g/mol. The average molecular weight is 1160 g/mol. The third-order valence-corrected chi connectivity index (χ3v) is 12.5. The first-order chi connectivity index (χ1) is 39.4. The number of amides is 9. The molecule has 0 saturated carbocycles. The lowest BCUT2D eigenvalue weighted by molar-refractivity contribution is -0.142. The maximum Gasteiger partial charge on any atom is 0.326 e. The molecule has 9 amide bonds. The van der Waals surface area contributed by atoms with Gasteiger partial charge in [0.1, 0.15) is 48.3 Å². The Balaban J connectivity index is 1.89. The van der Waals surface area contributed by atoms with Gasteiger partial charge in [-0.1, -0.05) is 74.5 Å². The number of guanidine groups is 2. The van der Waals surface area contributed by atoms with Crippen molar-refractivity contribution in [3.63, 3.8) is 0 Å². The topological polar surface area (TPSA) is 517 Å². The fourth-order valence-corrected chi connectivity index (χ4v) is 8.14. The van der Waals surface area contributed by atoms with Gasteiger partial charge in [-0.2, -0.15) is 0 Å². The van der Waals surface area contributed by atoms with Crippen LogP contribution in [0, 0.1) is 5.92 Å². The minimum atomic E-state index is -1.78. The minimum Gasteiger partial charge on any atom is -0.480 e. The van der Waals surface area contributed by atoms with E-state index in [4.69, 9.17) is 34.4 Å². The predicted octanol–water partition coefficient (Wildman–Crippen LogP) is -4.84. The number of nitrogens with one attached hydrogen (secondary N) is 9. The van der Waals surface area contributed by atoms with E-state index in [9.17, 15) is 58.2 Å². The molecular formula is C53H80N18O12. The highest BCUT2D eigenvalue weighted by molar-refractivity contribution is 5.98. The number of carbonyl (C=O) groups is 10. The van der Waals surface area contributed by atoms with Gasteiger partial charge in [0.15, 0.2) is 11.9 Å². The van der Waals surface area contributed by atoms with E-state index in [1.165, 1.54) is 19.4 Å². The van der Waals surface area contributed by atoms with Gasteiger partial charge in [0.05, 0.1) is 19.0 Å². The van der Waals surface area contributed by atoms with Gasteiger partial charge in [-0.15, -0.1) is 0 Å². The van der Waals surface area contributed by atoms with Crippen molar-refractivity contribution in [2.75, 3.05) is 19.7 Å². The number of carbonyl (C=O) groups excluding carboxylic acids is 9. The molecule has 30 nitrogen and oxygen atoms in total. The van der Waals surface area contributed by atoms with Crippen LogP contribution in [0.15, 0.2) is 83.2 Å². The molecule has 3 rings (SSSR count). The Kier molecular flexibility index (Phi) is 29.1. The van der Waals surface area contributed by atoms with Crippen LogP contribution in [0.25, 0.3) is 0 Å². The summed E-state index contributed by atoms with van der Waals surface area (Å²) in [5, 5.41) is 40.8. The van der Waals surface area contributed by atoms with Crippen molar-refractivity contribution < 1.29 is 58.2 Å². The summed E-state index contributed by atoms with van der Waals surface area (Å²) in [4.78, 5) is 150. The van der Waals surface area contributed by atoms with Crippen LogP contribution in [0.2, 0.25) is 0 Å². The van der Waals surface area contributed by atoms with Crippen molar-refractivity contribution in [3.05, 3.63) is 90.0 Å². The molecule has 0 aliphatic carbocycles. The Morgan fingerprint density at radius 2 is 0.904 bits per heavy atom. The molecule has 83 heavy (non-hydrogen) atoms. The van der Waals surface area contributed by atoms with Crippen molar-refractivity contribution in [3.8, 4) is 0 Å². The molecule has 9 atom stereocenters. The van der Waals surface area contributed by atoms with Crippen LogP contribution in [0.1, 0.15) is 82.5 Å². The molecule has 0 unspecified atom stereocenters. The Bertz CT molecular complexity index is 2670. The Hall–Kier alpha value is -9.19. The van der Waals surface area contributed by atoms with Crippen LogP contribution >= 0.6 is 0 Å². The highest BCUT2D eigenvalue weighted by Gasteiger charge is 2.35. The van der Waals surface area contributed by atoms with Crippen molar-refractivity contribution in [1.82, 2.24) is 52.5 Å². The van der Waals surface area contributed by atoms with Crippen LogP contribution in [-0.2, 0) is 67.2 Å². The smallest absolute Gasteiger partial charge is 0.326 e. The number of nitrogens with two attached hydrogens (primary N) is 6. The standard InChI is InChI=1S/C53H80N18O12/c1-29(2)22-37(68-46(77)36(18-19-42(55)73)66-44(75)34(16-10-20-61-52(56)57)64-48(79)38(67-43(74)30(3)54)23-31-12-6-4-7-13-31)47(78)71-41(27-72)50(81)69-39(25-33-26-60-28-63-33)49(80)65-35(17-11-21-62-53(58)59)45(76)70-40(51(82)83)24-32-14-8-5-9-15-32/h4-9,12-15,26,28-30,34-41,72H,10-11,16-25,27,54H2,1-3H3,(H2,55,73)(H,60,63)(H,64,79)(H,65,80)(H,66,75)(H,67,74)(H,68,77)(H,69,81)(H,70,76)(H,71,78)(H,82,83)(H4,56,57,61)(H4,58,59,62)/t30-,34-,35-,36-,37-,38-,39-,40-,41-/m0/s1. The second kappa shape index (κ2) is 35.5. The molecule has 0 aliphatic rings. The highest BCUT2D eigenvalue weighted by Crippen LogP contribution is 2.12. The number of carboxylic acid groups (broad SMARTS) is 1. The van der Waals surface area contributed by atoms with E-state index < -0.39 is 133 Å². The number of imidazole rings is 1. The van der Waals surface area contributed by atoms with E-state index in [-0.39, 0.29) is 82.3 Å². The second-order valence-electron chi connectivity index (χ2n) is 20.0. The Morgan fingerprint density at radius 1 is 0.518 bits per heavy atom. The van der Waals surface area contributed by atoms with E-state index in [1.807, 2.05) is 0 Å². The number of hydrogen-bond donors (Lipinski definition) is 17. The van der Waals surface area contributed by atoms with Crippen LogP contribution in [0.3, 0.4) is 0 Å². The summed E-state index contributed by atoms with van der Waals surface area (Å²) >= 11 is 0. The normalized spacial score (nSPS) is 14.2. The fourth-order valence-electron chi connectivity index (χ4n) is 8.14. The number of H-pyrrole nitrogens is 1. The zero-order valence-electron chi connectivity index (χ0n) is 46.7. The lowest BCUT2D eigenvalue weighted by atomic mass is 10.0. The zero-order valence-corrected chi connectivity index (χ0v) is 46.7. The summed E-state index contributed by atoms with van der Waals surface area (Å²) in [6.07, 6.45) is 1.40. The van der Waals surface area contributed by atoms with Gasteiger partial charge in [0, 0.05) is 50.7 Å². The molecule has 1 aromatic heterocycles. The van der Waals surface area contributed by atoms with E-state index in [0.717, 1.165) is 0 Å². The lowest BCUT2D eigenvalue weighted by Crippen LogP contribution is -2.61. The van der Waals surface area contributed by atoms with Crippen LogP contribution in [-0.4, -0.2) is 165 Å². The summed E-state index contributed by atoms with van der Waals surface area (Å²) in [7, 11) is 0. The average Bonchev–Trinajstić information content (AvgIpc) is 3.98. The largest absolute Gasteiger partial charge is 0.480 e. The lowest BCUT2D eigenvalue weighted by Gasteiger charge is -2.28. The number of hydrogen-bond acceptors (Lipinski definition) is 15. The number of aliphatic hydroxyl groups is 1. The Labute approximate surface area is 479 Å². The van der Waals surface area contributed by atoms with Crippen LogP contribution in [0.5, 0.6) is 0 Å². The minimum absolute atomic E-state index is 0.00538. The molecule has 3 aromatic rings. The number of carboxylic acids is 1. The molecule has 0 aliphatic heterocycles. The first-order valence-electron chi connectivity index (χ1n) is 26.8. The number of aromatic amines is 1. The summed E-state index contributed by atoms with van der Waals surface area (Å²) in [6, 6.07) is 4.34. The van der Waals surface area contributed by atoms with Gasteiger partial charge < -0.3 is 92.1 Å². The third-order valence-electron chi connectivity index (χ3n) is 12.5. The summed E-state index contributed by atoms with van der Waals surface area (Å²) in [6.45, 7) is 3.86. The molecule has 454 valence electrons. The fraction of sp³-hybridized carbons (Fsp3) is 0.491. The Morgan fingerprint density at radius 3 is 1.33 bits per heavy atom. The SMILES string of the molecule is CC(C)C[C@H](NC(=O)[C@H](CCC(N)=O)NC(=O)[C@H](CCCN=C(N)N)NC(=O)[C@H](Cc1ccccc1)NC(=O)[C@H](C)N)C(=O)N[C@@H](CO)C(=O)N[C@@H](Cc1cnc[nH]1)C(=O)N[C@@H](CCCN=C(N)N)C(=O)N[C@@H](Cc1ccccc1)C(=O)O. The predicted molar refractivity (Wildman–Crippen MR) is 304 cm³/mol. The summed E-state index contributed by atoms with van der Waals surface area (Å²) < 4.78 is 0. The number of benzene rings is 2. The highest BCUT2D eigenvalue weighted by atomic mass is 16.4. The number of rotatable bonds is 37. The maximum atomic E-state index is 14.2. The van der Waals surface area contributed by atoms with Gasteiger partial charge in [0.2, 0.25) is 53.2 Å². The van der Waals surface area contributed by atoms with Gasteiger partial charge in [-0.25, -0.2) is 9.78 Å². The van der Waals surface area contributed by atoms with E-state index in [0.29, 0.717) is 16.8 Å². The molecule has 0 bridgehead atoms. The van der Waals surface area contributed by atoms with Crippen molar-refractivity contribution in [1.29, 1.82) is 0 Å². The maximum absolute atomic E-state index is 14.2. The molecule has 30 heteroatoms. The zero-order chi connectivity index (χ0) is 61.6.